The highest BCUT2D eigenvalue weighted by molar-refractivity contribution is 5.94. The van der Waals surface area contributed by atoms with Crippen LogP contribution >= 0.6 is 0 Å². The lowest BCUT2D eigenvalue weighted by Crippen LogP contribution is -2.00. The van der Waals surface area contributed by atoms with Crippen LogP contribution in [0.5, 0.6) is 0 Å². The van der Waals surface area contributed by atoms with Crippen LogP contribution in [0, 0.1) is 0 Å². The highest BCUT2D eigenvalue weighted by Crippen LogP contribution is 2.50. The highest BCUT2D eigenvalue weighted by Gasteiger charge is 2.30. The zero-order valence-electron chi connectivity index (χ0n) is 77.1. The highest BCUT2D eigenvalue weighted by atomic mass is 15.1. The third kappa shape index (κ3) is 17.4. The fourth-order valence-corrected chi connectivity index (χ4v) is 20.1. The van der Waals surface area contributed by atoms with Crippen LogP contribution in [-0.4, -0.2) is 44.9 Å². The lowest BCUT2D eigenvalue weighted by Gasteiger charge is -2.11. The number of aromatic nitrogens is 9. The van der Waals surface area contributed by atoms with E-state index in [1.807, 2.05) is 133 Å². The van der Waals surface area contributed by atoms with Gasteiger partial charge in [0.05, 0.1) is 0 Å². The second-order valence-electron chi connectivity index (χ2n) is 35.6. The molecule has 0 atom stereocenters. The molecule has 20 aromatic carbocycles. The third-order valence-corrected chi connectivity index (χ3v) is 27.1. The molecule has 662 valence electrons. The Hall–Kier alpha value is -18.6. The molecule has 0 unspecified atom stereocenters. The smallest absolute Gasteiger partial charge is 0.164 e. The Morgan fingerprint density at radius 2 is 0.220 bits per heavy atom. The first kappa shape index (κ1) is 85.4. The van der Waals surface area contributed by atoms with Gasteiger partial charge in [0.2, 0.25) is 0 Å². The van der Waals surface area contributed by atoms with Gasteiger partial charge in [0, 0.05) is 50.1 Å². The van der Waals surface area contributed by atoms with Crippen LogP contribution in [0.1, 0.15) is 33.4 Å². The Morgan fingerprint density at radius 3 is 0.440 bits per heavy atom. The van der Waals surface area contributed by atoms with Gasteiger partial charge in [-0.25, -0.2) is 44.9 Å². The molecule has 0 aliphatic heterocycles. The fraction of sp³-hybridized carbons (Fsp3) is 0.0227. The maximum Gasteiger partial charge on any atom is 0.164 e. The maximum absolute atomic E-state index is 5.04. The Labute approximate surface area is 820 Å². The SMILES string of the molecule is c1ccc(-c2ccc(-c3nc(-c4ccccc4)nc(-c4ccc(-c5cccc6c5Cc5c(-c7ccccc7)cccc5-6)cc4)n3)cc2)cc1.c1ccc(-c2cccc(-c3nc(-c4ccccc4)nc(-c4ccc(-c5cccc6c5Cc5c(-c7ccccc7)cccc5-6)cc4)n3)c2)cc1.c1ccc(-c2nc(-c3ccccc3)nc(-c3ccc(-c4cccc5c4Cc4c(-c6ccccc6)cccc4-5)cc3)n2)cc1. The summed E-state index contributed by atoms with van der Waals surface area (Å²) in [6, 6.07) is 176. The van der Waals surface area contributed by atoms with E-state index in [2.05, 4.69) is 370 Å². The van der Waals surface area contributed by atoms with Gasteiger partial charge in [-0.2, -0.15) is 0 Å². The van der Waals surface area contributed by atoms with Crippen LogP contribution in [0.4, 0.5) is 0 Å². The molecule has 3 aliphatic carbocycles. The van der Waals surface area contributed by atoms with Crippen molar-refractivity contribution in [3.05, 3.63) is 537 Å². The summed E-state index contributed by atoms with van der Waals surface area (Å²) in [5.41, 5.74) is 44.6. The molecule has 0 radical (unpaired) electrons. The third-order valence-electron chi connectivity index (χ3n) is 27.1. The average molecular weight is 1800 g/mol. The van der Waals surface area contributed by atoms with E-state index in [0.29, 0.717) is 52.4 Å². The van der Waals surface area contributed by atoms with E-state index in [9.17, 15) is 0 Å². The zero-order valence-corrected chi connectivity index (χ0v) is 77.1. The molecule has 3 heterocycles. The van der Waals surface area contributed by atoms with Gasteiger partial charge in [-0.05, 0) is 181 Å². The van der Waals surface area contributed by atoms with Crippen molar-refractivity contribution >= 4 is 0 Å². The molecule has 3 aromatic heterocycles. The van der Waals surface area contributed by atoms with Crippen molar-refractivity contribution in [1.29, 1.82) is 0 Å². The summed E-state index contributed by atoms with van der Waals surface area (Å²) < 4.78 is 0. The normalized spacial score (nSPS) is 11.6. The van der Waals surface area contributed by atoms with Crippen molar-refractivity contribution in [3.63, 3.8) is 0 Å². The molecule has 26 rings (SSSR count). The van der Waals surface area contributed by atoms with Crippen LogP contribution in [0.3, 0.4) is 0 Å². The number of nitrogens with zero attached hydrogens (tertiary/aromatic N) is 9. The van der Waals surface area contributed by atoms with Crippen LogP contribution < -0.4 is 0 Å². The minimum atomic E-state index is 0.651. The molecule has 9 heteroatoms. The molecule has 0 N–H and O–H groups in total. The lowest BCUT2D eigenvalue weighted by atomic mass is 9.95. The molecule has 3 aliphatic rings. The summed E-state index contributed by atoms with van der Waals surface area (Å²) in [5.74, 6) is 5.92. The number of hydrogen-bond donors (Lipinski definition) is 0. The fourth-order valence-electron chi connectivity index (χ4n) is 20.1. The van der Waals surface area contributed by atoms with Crippen molar-refractivity contribution in [1.82, 2.24) is 44.9 Å². The first-order chi connectivity index (χ1) is 69.9. The molecule has 0 saturated heterocycles. The predicted octanol–water partition coefficient (Wildman–Crippen LogP) is 32.7. The Bertz CT molecular complexity index is 8460. The second-order valence-corrected chi connectivity index (χ2v) is 35.6. The monoisotopic (exact) mass is 1800 g/mol. The van der Waals surface area contributed by atoms with Crippen molar-refractivity contribution in [2.75, 3.05) is 0 Å². The van der Waals surface area contributed by atoms with Crippen LogP contribution in [0.15, 0.2) is 504 Å². The standard InChI is InChI=1S/2C46H31N3.C40H27N3/c1-4-13-31(14-5-1)36-19-10-20-37(29-36)46-48-44(34-17-8-3-9-18-34)47-45(49-46)35-27-25-33(26-28-35)39-22-12-24-41-40-23-11-21-38(42(40)30-43(39)41)32-15-6-2-7-16-32;1-4-12-31(13-5-1)32-22-26-36(27-23-32)45-47-44(35-16-8-3-9-17-35)48-46(49-45)37-28-24-34(25-29-37)39-19-11-21-41-40-20-10-18-38(42(40)30-43(39)41)33-14-6-2-7-15-33;1-4-12-27(13-5-1)32-18-10-20-34-35-21-11-19-33(37(35)26-36(32)34)28-22-24-31(25-23-28)40-42-38(29-14-6-2-7-15-29)41-39(43-40)30-16-8-3-9-17-30/h2*1-29H,30H2;1-25H,26H2. The van der Waals surface area contributed by atoms with Gasteiger partial charge in [0.25, 0.3) is 0 Å². The molecular weight excluding hydrogens is 1710 g/mol. The van der Waals surface area contributed by atoms with Crippen LogP contribution in [0.25, 0.3) is 225 Å². The van der Waals surface area contributed by atoms with E-state index in [1.165, 1.54) is 139 Å². The first-order valence-electron chi connectivity index (χ1n) is 47.9. The Kier molecular flexibility index (Phi) is 23.2. The molecule has 0 amide bonds. The van der Waals surface area contributed by atoms with Crippen LogP contribution in [0.2, 0.25) is 0 Å². The molecule has 9 nitrogen and oxygen atoms in total. The minimum absolute atomic E-state index is 0.651. The van der Waals surface area contributed by atoms with E-state index in [1.54, 1.807) is 0 Å². The number of fused-ring (bicyclic) bond motifs is 9. The summed E-state index contributed by atoms with van der Waals surface area (Å²) in [6.07, 6.45) is 2.74. The Balaban J connectivity index is 0.000000115. The molecule has 23 aromatic rings. The quantitative estimate of drug-likeness (QED) is 0.0879. The summed E-state index contributed by atoms with van der Waals surface area (Å²) in [5, 5.41) is 0. The van der Waals surface area contributed by atoms with Gasteiger partial charge in [-0.15, -0.1) is 0 Å². The van der Waals surface area contributed by atoms with Crippen LogP contribution in [-0.2, 0) is 19.3 Å². The number of benzene rings is 20. The van der Waals surface area contributed by atoms with E-state index in [4.69, 9.17) is 44.9 Å². The molecule has 0 saturated carbocycles. The van der Waals surface area contributed by atoms with E-state index >= 15 is 0 Å². The van der Waals surface area contributed by atoms with Gasteiger partial charge >= 0.3 is 0 Å². The van der Waals surface area contributed by atoms with Crippen molar-refractivity contribution in [3.8, 4) is 225 Å². The largest absolute Gasteiger partial charge is 0.208 e. The molecule has 0 spiro atoms. The minimum Gasteiger partial charge on any atom is -0.208 e. The van der Waals surface area contributed by atoms with Gasteiger partial charge in [0.1, 0.15) is 0 Å². The number of rotatable bonds is 17. The predicted molar refractivity (Wildman–Crippen MR) is 577 cm³/mol. The van der Waals surface area contributed by atoms with E-state index < -0.39 is 0 Å². The second kappa shape index (κ2) is 38.3. The summed E-state index contributed by atoms with van der Waals surface area (Å²) in [4.78, 5) is 44.5. The maximum atomic E-state index is 5.04. The van der Waals surface area contributed by atoms with E-state index in [-0.39, 0.29) is 0 Å². The van der Waals surface area contributed by atoms with Crippen molar-refractivity contribution in [2.24, 2.45) is 0 Å². The van der Waals surface area contributed by atoms with Crippen molar-refractivity contribution < 1.29 is 0 Å². The van der Waals surface area contributed by atoms with Gasteiger partial charge < -0.3 is 0 Å². The molecular formula is C132H89N9. The van der Waals surface area contributed by atoms with E-state index in [0.717, 1.165) is 86.0 Å². The van der Waals surface area contributed by atoms with Gasteiger partial charge in [-0.3, -0.25) is 0 Å². The molecule has 0 fully saturated rings. The summed E-state index contributed by atoms with van der Waals surface area (Å²) in [6.45, 7) is 0. The number of hydrogen-bond acceptors (Lipinski definition) is 9. The molecule has 0 bridgehead atoms. The van der Waals surface area contributed by atoms with Gasteiger partial charge in [-0.1, -0.05) is 497 Å². The average Bonchev–Trinajstić information content (AvgIpc) is 1.61. The Morgan fingerprint density at radius 1 is 0.0922 bits per heavy atom. The molecule has 141 heavy (non-hydrogen) atoms. The summed E-state index contributed by atoms with van der Waals surface area (Å²) >= 11 is 0. The topological polar surface area (TPSA) is 116 Å². The summed E-state index contributed by atoms with van der Waals surface area (Å²) in [7, 11) is 0. The lowest BCUT2D eigenvalue weighted by molar-refractivity contribution is 1.07. The van der Waals surface area contributed by atoms with Gasteiger partial charge in [0.15, 0.2) is 52.4 Å². The first-order valence-corrected chi connectivity index (χ1v) is 47.9. The zero-order chi connectivity index (χ0) is 93.7. The van der Waals surface area contributed by atoms with Crippen molar-refractivity contribution in [2.45, 2.75) is 19.3 Å².